The van der Waals surface area contributed by atoms with Gasteiger partial charge < -0.3 is 14.6 Å². The van der Waals surface area contributed by atoms with E-state index in [1.807, 2.05) is 0 Å². The summed E-state index contributed by atoms with van der Waals surface area (Å²) < 4.78 is 32.9. The lowest BCUT2D eigenvalue weighted by molar-refractivity contribution is 0.101. The molecule has 0 unspecified atom stereocenters. The zero-order valence-corrected chi connectivity index (χ0v) is 11.9. The molecule has 0 saturated heterocycles. The molecule has 2 aromatic rings. The summed E-state index contributed by atoms with van der Waals surface area (Å²) in [4.78, 5) is 11.6. The maximum Gasteiger partial charge on any atom is 0.277 e. The minimum atomic E-state index is -3.98. The van der Waals surface area contributed by atoms with E-state index in [-0.39, 0.29) is 28.6 Å². The first-order chi connectivity index (χ1) is 9.91. The minimum Gasteiger partial charge on any atom is -0.492 e. The molecule has 1 amide bonds. The van der Waals surface area contributed by atoms with E-state index >= 15 is 0 Å². The normalized spacial score (nSPS) is 11.1. The highest BCUT2D eigenvalue weighted by Crippen LogP contribution is 2.26. The van der Waals surface area contributed by atoms with Gasteiger partial charge in [0.2, 0.25) is 10.0 Å². The SMILES string of the molecule is CCOc1ccc(NC(=O)c2ccon2)cc1S(N)(=O)=O. The van der Waals surface area contributed by atoms with E-state index in [1.165, 1.54) is 30.5 Å². The molecule has 8 nitrogen and oxygen atoms in total. The number of nitrogens with two attached hydrogens (primary N) is 1. The molecule has 0 atom stereocenters. The molecule has 0 fully saturated rings. The van der Waals surface area contributed by atoms with Crippen LogP contribution in [0.2, 0.25) is 0 Å². The van der Waals surface area contributed by atoms with E-state index in [1.54, 1.807) is 6.92 Å². The summed E-state index contributed by atoms with van der Waals surface area (Å²) in [6, 6.07) is 5.52. The van der Waals surface area contributed by atoms with Crippen molar-refractivity contribution in [1.82, 2.24) is 5.16 Å². The Balaban J connectivity index is 2.32. The quantitative estimate of drug-likeness (QED) is 0.847. The topological polar surface area (TPSA) is 125 Å². The first kappa shape index (κ1) is 15.0. The summed E-state index contributed by atoms with van der Waals surface area (Å²) in [6.07, 6.45) is 1.25. The van der Waals surface area contributed by atoms with Crippen LogP contribution in [0.3, 0.4) is 0 Å². The van der Waals surface area contributed by atoms with Gasteiger partial charge in [-0.2, -0.15) is 0 Å². The number of carbonyl (C=O) groups is 1. The Morgan fingerprint density at radius 1 is 1.43 bits per heavy atom. The van der Waals surface area contributed by atoms with Crippen LogP contribution in [-0.2, 0) is 10.0 Å². The Morgan fingerprint density at radius 3 is 2.76 bits per heavy atom. The van der Waals surface area contributed by atoms with Gasteiger partial charge in [-0.3, -0.25) is 4.79 Å². The zero-order chi connectivity index (χ0) is 15.5. The van der Waals surface area contributed by atoms with E-state index < -0.39 is 15.9 Å². The molecule has 0 bridgehead atoms. The lowest BCUT2D eigenvalue weighted by atomic mass is 10.3. The average molecular weight is 311 g/mol. The van der Waals surface area contributed by atoms with Crippen molar-refractivity contribution in [2.45, 2.75) is 11.8 Å². The number of carbonyl (C=O) groups excluding carboxylic acids is 1. The molecule has 1 aromatic carbocycles. The molecule has 21 heavy (non-hydrogen) atoms. The van der Waals surface area contributed by atoms with Crippen molar-refractivity contribution < 1.29 is 22.5 Å². The Labute approximate surface area is 120 Å². The Hall–Kier alpha value is -2.39. The van der Waals surface area contributed by atoms with Crippen molar-refractivity contribution in [2.75, 3.05) is 11.9 Å². The molecule has 1 aromatic heterocycles. The molecular formula is C12H13N3O5S. The monoisotopic (exact) mass is 311 g/mol. The van der Waals surface area contributed by atoms with E-state index in [9.17, 15) is 13.2 Å². The second-order valence-electron chi connectivity index (χ2n) is 3.98. The molecule has 0 aliphatic rings. The number of rotatable bonds is 5. The van der Waals surface area contributed by atoms with Gasteiger partial charge in [0.15, 0.2) is 5.69 Å². The highest BCUT2D eigenvalue weighted by molar-refractivity contribution is 7.89. The van der Waals surface area contributed by atoms with Gasteiger partial charge in [-0.25, -0.2) is 13.6 Å². The van der Waals surface area contributed by atoms with Gasteiger partial charge in [0.1, 0.15) is 16.9 Å². The van der Waals surface area contributed by atoms with E-state index in [2.05, 4.69) is 15.0 Å². The first-order valence-electron chi connectivity index (χ1n) is 5.93. The molecule has 9 heteroatoms. The van der Waals surface area contributed by atoms with Crippen LogP contribution in [0.15, 0.2) is 39.9 Å². The van der Waals surface area contributed by atoms with Gasteiger partial charge in [-0.05, 0) is 25.1 Å². The molecule has 0 radical (unpaired) electrons. The van der Waals surface area contributed by atoms with Crippen LogP contribution in [-0.4, -0.2) is 26.1 Å². The number of ether oxygens (including phenoxy) is 1. The summed E-state index contributed by atoms with van der Waals surface area (Å²) >= 11 is 0. The highest BCUT2D eigenvalue weighted by atomic mass is 32.2. The Kier molecular flexibility index (Phi) is 4.24. The summed E-state index contributed by atoms with van der Waals surface area (Å²) in [7, 11) is -3.98. The number of nitrogens with zero attached hydrogens (tertiary/aromatic N) is 1. The third-order valence-corrected chi connectivity index (χ3v) is 3.41. The molecule has 0 spiro atoms. The highest BCUT2D eigenvalue weighted by Gasteiger charge is 2.17. The number of anilines is 1. The Bertz CT molecular complexity index is 740. The Morgan fingerprint density at radius 2 is 2.19 bits per heavy atom. The van der Waals surface area contributed by atoms with Gasteiger partial charge >= 0.3 is 0 Å². The standard InChI is InChI=1S/C12H13N3O5S/c1-2-19-10-4-3-8(7-11(10)21(13,17)18)14-12(16)9-5-6-20-15-9/h3-7H,2H2,1H3,(H,14,16)(H2,13,17,18). The lowest BCUT2D eigenvalue weighted by Gasteiger charge is -2.11. The number of hydrogen-bond donors (Lipinski definition) is 2. The average Bonchev–Trinajstić information content (AvgIpc) is 2.93. The minimum absolute atomic E-state index is 0.0704. The van der Waals surface area contributed by atoms with Crippen molar-refractivity contribution in [3.05, 3.63) is 36.2 Å². The van der Waals surface area contributed by atoms with Crippen LogP contribution in [0.25, 0.3) is 0 Å². The maximum absolute atomic E-state index is 11.8. The molecule has 2 rings (SSSR count). The number of aromatic nitrogens is 1. The van der Waals surface area contributed by atoms with Crippen LogP contribution in [0.1, 0.15) is 17.4 Å². The van der Waals surface area contributed by atoms with Gasteiger partial charge in [0, 0.05) is 11.8 Å². The van der Waals surface area contributed by atoms with Crippen molar-refractivity contribution >= 4 is 21.6 Å². The van der Waals surface area contributed by atoms with Gasteiger partial charge in [0.25, 0.3) is 5.91 Å². The second-order valence-corrected chi connectivity index (χ2v) is 5.51. The fourth-order valence-electron chi connectivity index (χ4n) is 1.61. The third-order valence-electron chi connectivity index (χ3n) is 2.48. The summed E-state index contributed by atoms with van der Waals surface area (Å²) in [5.41, 5.74) is 0.316. The third kappa shape index (κ3) is 3.58. The number of hydrogen-bond acceptors (Lipinski definition) is 6. The van der Waals surface area contributed by atoms with Crippen LogP contribution < -0.4 is 15.2 Å². The van der Waals surface area contributed by atoms with E-state index in [4.69, 9.17) is 9.88 Å². The van der Waals surface area contributed by atoms with Crippen LogP contribution in [0.5, 0.6) is 5.75 Å². The number of sulfonamides is 1. The molecule has 1 heterocycles. The summed E-state index contributed by atoms with van der Waals surface area (Å²) in [5, 5.41) is 11.1. The lowest BCUT2D eigenvalue weighted by Crippen LogP contribution is -2.16. The molecule has 3 N–H and O–H groups in total. The number of nitrogens with one attached hydrogen (secondary N) is 1. The molecule has 0 aliphatic carbocycles. The predicted molar refractivity (Wildman–Crippen MR) is 73.4 cm³/mol. The van der Waals surface area contributed by atoms with Gasteiger partial charge in [-0.1, -0.05) is 5.16 Å². The van der Waals surface area contributed by atoms with Crippen molar-refractivity contribution in [3.8, 4) is 5.75 Å². The second kappa shape index (κ2) is 5.94. The summed E-state index contributed by atoms with van der Waals surface area (Å²) in [6.45, 7) is 2.00. The smallest absolute Gasteiger partial charge is 0.277 e. The number of amides is 1. The van der Waals surface area contributed by atoms with Gasteiger partial charge in [0.05, 0.1) is 6.61 Å². The van der Waals surface area contributed by atoms with Crippen molar-refractivity contribution in [3.63, 3.8) is 0 Å². The first-order valence-corrected chi connectivity index (χ1v) is 7.48. The zero-order valence-electron chi connectivity index (χ0n) is 11.1. The van der Waals surface area contributed by atoms with E-state index in [0.29, 0.717) is 0 Å². The van der Waals surface area contributed by atoms with Crippen molar-refractivity contribution in [2.24, 2.45) is 5.14 Å². The molecule has 0 saturated carbocycles. The fourth-order valence-corrected chi connectivity index (χ4v) is 2.31. The van der Waals surface area contributed by atoms with Crippen molar-refractivity contribution in [1.29, 1.82) is 0 Å². The maximum atomic E-state index is 11.8. The summed E-state index contributed by atoms with van der Waals surface area (Å²) in [5.74, 6) is -0.410. The van der Waals surface area contributed by atoms with Crippen LogP contribution >= 0.6 is 0 Å². The number of primary sulfonamides is 1. The molecular weight excluding hydrogens is 298 g/mol. The van der Waals surface area contributed by atoms with Crippen LogP contribution in [0.4, 0.5) is 5.69 Å². The van der Waals surface area contributed by atoms with Crippen LogP contribution in [0, 0.1) is 0 Å². The predicted octanol–water partition coefficient (Wildman–Crippen LogP) is 0.973. The van der Waals surface area contributed by atoms with Gasteiger partial charge in [-0.15, -0.1) is 0 Å². The number of benzene rings is 1. The molecule has 112 valence electrons. The largest absolute Gasteiger partial charge is 0.492 e. The van der Waals surface area contributed by atoms with E-state index in [0.717, 1.165) is 0 Å². The molecule has 0 aliphatic heterocycles. The fraction of sp³-hybridized carbons (Fsp3) is 0.167.